The molecular formula is C16H22ClN3O5S. The molecule has 26 heavy (non-hydrogen) atoms. The van der Waals surface area contributed by atoms with Gasteiger partial charge >= 0.3 is 6.09 Å². The topological polar surface area (TPSA) is 96.0 Å². The zero-order valence-electron chi connectivity index (χ0n) is 14.7. The van der Waals surface area contributed by atoms with Crippen LogP contribution in [0, 0.1) is 0 Å². The van der Waals surface area contributed by atoms with Gasteiger partial charge in [0.2, 0.25) is 5.91 Å². The van der Waals surface area contributed by atoms with Crippen LogP contribution in [0.3, 0.4) is 0 Å². The molecule has 0 bridgehead atoms. The number of rotatable bonds is 5. The van der Waals surface area contributed by atoms with Crippen LogP contribution in [0.25, 0.3) is 0 Å². The quantitative estimate of drug-likeness (QED) is 0.799. The van der Waals surface area contributed by atoms with Gasteiger partial charge in [-0.15, -0.1) is 0 Å². The first-order valence-electron chi connectivity index (χ1n) is 8.16. The molecule has 1 heterocycles. The molecule has 8 nitrogen and oxygen atoms in total. The molecular weight excluding hydrogens is 382 g/mol. The lowest BCUT2D eigenvalue weighted by Gasteiger charge is -2.34. The van der Waals surface area contributed by atoms with Gasteiger partial charge in [0.15, 0.2) is 9.84 Å². The lowest BCUT2D eigenvalue weighted by atomic mass is 10.3. The summed E-state index contributed by atoms with van der Waals surface area (Å²) in [5.41, 5.74) is 0.383. The fourth-order valence-corrected chi connectivity index (χ4v) is 3.94. The van der Waals surface area contributed by atoms with Crippen LogP contribution >= 0.6 is 11.6 Å². The number of ether oxygens (including phenoxy) is 1. The van der Waals surface area contributed by atoms with Crippen molar-refractivity contribution in [2.45, 2.75) is 11.8 Å². The van der Waals surface area contributed by atoms with Gasteiger partial charge in [0, 0.05) is 32.4 Å². The first-order chi connectivity index (χ1) is 12.2. The summed E-state index contributed by atoms with van der Waals surface area (Å²) in [4.78, 5) is 27.2. The number of benzene rings is 1. The van der Waals surface area contributed by atoms with E-state index in [-0.39, 0.29) is 28.5 Å². The molecule has 0 unspecified atom stereocenters. The molecule has 0 saturated carbocycles. The monoisotopic (exact) mass is 403 g/mol. The number of amides is 2. The van der Waals surface area contributed by atoms with Crippen molar-refractivity contribution in [3.8, 4) is 0 Å². The highest BCUT2D eigenvalue weighted by atomic mass is 35.5. The van der Waals surface area contributed by atoms with Crippen LogP contribution in [0.4, 0.5) is 10.5 Å². The highest BCUT2D eigenvalue weighted by molar-refractivity contribution is 7.90. The number of nitrogens with one attached hydrogen (secondary N) is 1. The average molecular weight is 404 g/mol. The van der Waals surface area contributed by atoms with E-state index in [1.54, 1.807) is 28.9 Å². The molecule has 1 saturated heterocycles. The van der Waals surface area contributed by atoms with Crippen molar-refractivity contribution in [2.24, 2.45) is 0 Å². The lowest BCUT2D eigenvalue weighted by Crippen LogP contribution is -2.51. The Balaban J connectivity index is 1.91. The predicted molar refractivity (Wildman–Crippen MR) is 98.2 cm³/mol. The van der Waals surface area contributed by atoms with E-state index in [4.69, 9.17) is 16.3 Å². The third kappa shape index (κ3) is 5.01. The number of anilines is 1. The van der Waals surface area contributed by atoms with Crippen LogP contribution in [0.1, 0.15) is 6.92 Å². The molecule has 10 heteroatoms. The largest absolute Gasteiger partial charge is 0.450 e. The Morgan fingerprint density at radius 2 is 1.81 bits per heavy atom. The minimum Gasteiger partial charge on any atom is -0.450 e. The summed E-state index contributed by atoms with van der Waals surface area (Å²) in [7, 11) is -3.45. The fourth-order valence-electron chi connectivity index (χ4n) is 2.57. The highest BCUT2D eigenvalue weighted by Gasteiger charge is 2.25. The van der Waals surface area contributed by atoms with E-state index < -0.39 is 9.84 Å². The first-order valence-corrected chi connectivity index (χ1v) is 10.4. The van der Waals surface area contributed by atoms with Gasteiger partial charge in [-0.25, -0.2) is 13.2 Å². The van der Waals surface area contributed by atoms with Gasteiger partial charge in [-0.05, 0) is 19.1 Å². The summed E-state index contributed by atoms with van der Waals surface area (Å²) in [6.45, 7) is 3.69. The molecule has 1 aliphatic heterocycles. The van der Waals surface area contributed by atoms with Crippen LogP contribution in [0.15, 0.2) is 23.1 Å². The number of hydrogen-bond acceptors (Lipinski definition) is 6. The van der Waals surface area contributed by atoms with Crippen molar-refractivity contribution in [2.75, 3.05) is 50.9 Å². The Morgan fingerprint density at radius 1 is 1.19 bits per heavy atom. The van der Waals surface area contributed by atoms with Crippen molar-refractivity contribution in [3.05, 3.63) is 23.2 Å². The lowest BCUT2D eigenvalue weighted by molar-refractivity contribution is -0.130. The number of hydrogen-bond donors (Lipinski definition) is 1. The van der Waals surface area contributed by atoms with E-state index in [0.29, 0.717) is 38.5 Å². The molecule has 1 aliphatic rings. The Morgan fingerprint density at radius 3 is 2.38 bits per heavy atom. The van der Waals surface area contributed by atoms with Gasteiger partial charge in [0.1, 0.15) is 0 Å². The second-order valence-electron chi connectivity index (χ2n) is 5.81. The second-order valence-corrected chi connectivity index (χ2v) is 8.17. The van der Waals surface area contributed by atoms with Gasteiger partial charge in [-0.3, -0.25) is 4.79 Å². The SMILES string of the molecule is CCOC(=O)N1CCN(C(=O)CNc2cccc(S(C)(=O)=O)c2Cl)CC1. The van der Waals surface area contributed by atoms with Gasteiger partial charge in [-0.1, -0.05) is 17.7 Å². The summed E-state index contributed by atoms with van der Waals surface area (Å²) in [5.74, 6) is -0.158. The molecule has 0 radical (unpaired) electrons. The summed E-state index contributed by atoms with van der Waals surface area (Å²) in [6.07, 6.45) is 0.703. The van der Waals surface area contributed by atoms with Crippen LogP contribution in [0.5, 0.6) is 0 Å². The molecule has 2 amide bonds. The van der Waals surface area contributed by atoms with Gasteiger partial charge < -0.3 is 19.9 Å². The number of carbonyl (C=O) groups excluding carboxylic acids is 2. The minimum atomic E-state index is -3.45. The molecule has 144 valence electrons. The zero-order chi connectivity index (χ0) is 19.3. The van der Waals surface area contributed by atoms with E-state index in [0.717, 1.165) is 6.26 Å². The van der Waals surface area contributed by atoms with Crippen molar-refractivity contribution < 1.29 is 22.7 Å². The smallest absolute Gasteiger partial charge is 0.409 e. The Labute approximate surface area is 158 Å². The summed E-state index contributed by atoms with van der Waals surface area (Å²) in [6, 6.07) is 4.59. The van der Waals surface area contributed by atoms with Crippen LogP contribution in [-0.4, -0.2) is 75.8 Å². The fraction of sp³-hybridized carbons (Fsp3) is 0.500. The molecule has 0 spiro atoms. The van der Waals surface area contributed by atoms with E-state index in [9.17, 15) is 18.0 Å². The maximum absolute atomic E-state index is 12.3. The van der Waals surface area contributed by atoms with E-state index >= 15 is 0 Å². The van der Waals surface area contributed by atoms with Crippen molar-refractivity contribution in [3.63, 3.8) is 0 Å². The number of sulfone groups is 1. The number of nitrogens with zero attached hydrogens (tertiary/aromatic N) is 2. The van der Waals surface area contributed by atoms with E-state index in [1.807, 2.05) is 0 Å². The molecule has 1 N–H and O–H groups in total. The van der Waals surface area contributed by atoms with Crippen LogP contribution < -0.4 is 5.32 Å². The zero-order valence-corrected chi connectivity index (χ0v) is 16.3. The molecule has 0 aliphatic carbocycles. The van der Waals surface area contributed by atoms with Crippen molar-refractivity contribution in [1.29, 1.82) is 0 Å². The molecule has 1 aromatic rings. The normalized spacial score (nSPS) is 14.9. The molecule has 0 aromatic heterocycles. The third-order valence-electron chi connectivity index (χ3n) is 3.95. The standard InChI is InChI=1S/C16H22ClN3O5S/c1-3-25-16(22)20-9-7-19(8-10-20)14(21)11-18-12-5-4-6-13(15(12)17)26(2,23)24/h4-6,18H,3,7-11H2,1-2H3. The van der Waals surface area contributed by atoms with E-state index in [1.165, 1.54) is 6.07 Å². The Bertz CT molecular complexity index is 776. The van der Waals surface area contributed by atoms with Crippen molar-refractivity contribution in [1.82, 2.24) is 9.80 Å². The number of halogens is 1. The second kappa shape index (κ2) is 8.59. The number of piperazine rings is 1. The highest BCUT2D eigenvalue weighted by Crippen LogP contribution is 2.29. The predicted octanol–water partition coefficient (Wildman–Crippen LogP) is 1.46. The molecule has 1 aromatic carbocycles. The Hall–Kier alpha value is -2.00. The molecule has 0 atom stereocenters. The summed E-state index contributed by atoms with van der Waals surface area (Å²) in [5, 5.41) is 2.95. The third-order valence-corrected chi connectivity index (χ3v) is 5.61. The van der Waals surface area contributed by atoms with E-state index in [2.05, 4.69) is 5.32 Å². The summed E-state index contributed by atoms with van der Waals surface area (Å²) >= 11 is 6.12. The average Bonchev–Trinajstić information content (AvgIpc) is 2.60. The maximum atomic E-state index is 12.3. The minimum absolute atomic E-state index is 0.0136. The maximum Gasteiger partial charge on any atom is 0.409 e. The molecule has 1 fully saturated rings. The van der Waals surface area contributed by atoms with Gasteiger partial charge in [-0.2, -0.15) is 0 Å². The number of carbonyl (C=O) groups is 2. The van der Waals surface area contributed by atoms with Gasteiger partial charge in [0.05, 0.1) is 28.8 Å². The summed E-state index contributed by atoms with van der Waals surface area (Å²) < 4.78 is 28.3. The Kier molecular flexibility index (Phi) is 6.71. The van der Waals surface area contributed by atoms with Crippen molar-refractivity contribution >= 4 is 39.1 Å². The molecule has 2 rings (SSSR count). The van der Waals surface area contributed by atoms with Gasteiger partial charge in [0.25, 0.3) is 0 Å². The van der Waals surface area contributed by atoms with Crippen LogP contribution in [0.2, 0.25) is 5.02 Å². The first kappa shape index (κ1) is 20.3. The van der Waals surface area contributed by atoms with Crippen LogP contribution in [-0.2, 0) is 19.4 Å².